The molecular weight excluding hydrogens is 482 g/mol. The minimum Gasteiger partial charge on any atom is -0.497 e. The largest absolute Gasteiger partial charge is 0.497 e. The van der Waals surface area contributed by atoms with E-state index < -0.39 is 0 Å². The predicted molar refractivity (Wildman–Crippen MR) is 142 cm³/mol. The summed E-state index contributed by atoms with van der Waals surface area (Å²) in [7, 11) is 1.59. The van der Waals surface area contributed by atoms with E-state index in [2.05, 4.69) is 32.6 Å². The zero-order valence-corrected chi connectivity index (χ0v) is 21.0. The van der Waals surface area contributed by atoms with Crippen molar-refractivity contribution in [2.45, 2.75) is 32.4 Å². The Hall–Kier alpha value is -4.79. The molecule has 0 unspecified atom stereocenters. The Bertz CT molecular complexity index is 1720. The molecule has 0 saturated heterocycles. The molecule has 0 aliphatic heterocycles. The Balaban J connectivity index is 1.34. The van der Waals surface area contributed by atoms with Gasteiger partial charge < -0.3 is 19.1 Å². The standard InChI is InChI=1S/C29H25N5O4/c1-17-7-13-22-26(36)23(29-32-27(33-38-29)19-8-11-20(37-2)12-9-19)15-34(28(22)30-17)16-25(35)31-24-14-10-18-5-3-4-6-21(18)24/h3-9,11-13,15,24H,10,14,16H2,1-2H3,(H,31,35)/t24-/m0/s1. The Morgan fingerprint density at radius 3 is 2.74 bits per heavy atom. The number of benzene rings is 2. The molecule has 5 aromatic rings. The van der Waals surface area contributed by atoms with Crippen LogP contribution in [0, 0.1) is 6.92 Å². The number of hydrogen-bond acceptors (Lipinski definition) is 7. The number of rotatable bonds is 6. The number of aryl methyl sites for hydroxylation is 2. The molecule has 0 saturated carbocycles. The zero-order valence-electron chi connectivity index (χ0n) is 21.0. The van der Waals surface area contributed by atoms with Gasteiger partial charge in [-0.3, -0.25) is 9.59 Å². The number of ether oxygens (including phenoxy) is 1. The van der Waals surface area contributed by atoms with Gasteiger partial charge >= 0.3 is 0 Å². The van der Waals surface area contributed by atoms with E-state index in [0.29, 0.717) is 22.6 Å². The van der Waals surface area contributed by atoms with Gasteiger partial charge in [-0.05, 0) is 67.3 Å². The maximum Gasteiger partial charge on any atom is 0.263 e. The van der Waals surface area contributed by atoms with Gasteiger partial charge in [-0.25, -0.2) is 4.98 Å². The molecule has 3 heterocycles. The fourth-order valence-corrected chi connectivity index (χ4v) is 4.92. The molecule has 1 aliphatic carbocycles. The van der Waals surface area contributed by atoms with E-state index in [1.165, 1.54) is 5.56 Å². The first-order chi connectivity index (χ1) is 18.5. The highest BCUT2D eigenvalue weighted by molar-refractivity contribution is 5.83. The highest BCUT2D eigenvalue weighted by Gasteiger charge is 2.24. The van der Waals surface area contributed by atoms with Crippen molar-refractivity contribution in [2.75, 3.05) is 7.11 Å². The Morgan fingerprint density at radius 1 is 1.11 bits per heavy atom. The summed E-state index contributed by atoms with van der Waals surface area (Å²) in [4.78, 5) is 35.6. The lowest BCUT2D eigenvalue weighted by molar-refractivity contribution is -0.122. The Morgan fingerprint density at radius 2 is 1.92 bits per heavy atom. The maximum atomic E-state index is 13.4. The van der Waals surface area contributed by atoms with E-state index in [1.807, 2.05) is 31.2 Å². The number of hydrogen-bond donors (Lipinski definition) is 1. The molecule has 38 heavy (non-hydrogen) atoms. The number of amides is 1. The van der Waals surface area contributed by atoms with Crippen LogP contribution in [0.1, 0.15) is 29.3 Å². The summed E-state index contributed by atoms with van der Waals surface area (Å²) < 4.78 is 12.4. The fraction of sp³-hybridized carbons (Fsp3) is 0.207. The summed E-state index contributed by atoms with van der Waals surface area (Å²) in [5.41, 5.74) is 4.20. The first-order valence-corrected chi connectivity index (χ1v) is 12.4. The third-order valence-electron chi connectivity index (χ3n) is 6.85. The van der Waals surface area contributed by atoms with Gasteiger partial charge in [0.25, 0.3) is 5.89 Å². The van der Waals surface area contributed by atoms with Gasteiger partial charge in [-0.15, -0.1) is 0 Å². The lowest BCUT2D eigenvalue weighted by Gasteiger charge is -2.16. The number of pyridine rings is 2. The van der Waals surface area contributed by atoms with Crippen molar-refractivity contribution in [1.82, 2.24) is 25.0 Å². The molecule has 0 radical (unpaired) electrons. The van der Waals surface area contributed by atoms with Crippen LogP contribution in [0.25, 0.3) is 33.9 Å². The number of nitrogens with zero attached hydrogens (tertiary/aromatic N) is 4. The van der Waals surface area contributed by atoms with Crippen molar-refractivity contribution in [1.29, 1.82) is 0 Å². The lowest BCUT2D eigenvalue weighted by Crippen LogP contribution is -2.31. The van der Waals surface area contributed by atoms with Crippen LogP contribution in [0.3, 0.4) is 0 Å². The molecule has 0 bridgehead atoms. The van der Waals surface area contributed by atoms with Crippen LogP contribution in [-0.4, -0.2) is 32.7 Å². The molecule has 0 spiro atoms. The van der Waals surface area contributed by atoms with Crippen molar-refractivity contribution < 1.29 is 14.1 Å². The number of nitrogens with one attached hydrogen (secondary N) is 1. The smallest absolute Gasteiger partial charge is 0.263 e. The van der Waals surface area contributed by atoms with Gasteiger partial charge in [-0.1, -0.05) is 29.4 Å². The molecule has 190 valence electrons. The highest BCUT2D eigenvalue weighted by Crippen LogP contribution is 2.31. The number of methoxy groups -OCH3 is 1. The predicted octanol–water partition coefficient (Wildman–Crippen LogP) is 4.23. The van der Waals surface area contributed by atoms with Crippen LogP contribution in [-0.2, 0) is 17.8 Å². The molecule has 0 fully saturated rings. The van der Waals surface area contributed by atoms with Gasteiger partial charge in [-0.2, -0.15) is 4.98 Å². The monoisotopic (exact) mass is 507 g/mol. The van der Waals surface area contributed by atoms with Gasteiger partial charge in [0.2, 0.25) is 17.2 Å². The van der Waals surface area contributed by atoms with Crippen LogP contribution < -0.4 is 15.5 Å². The summed E-state index contributed by atoms with van der Waals surface area (Å²) in [5.74, 6) is 0.947. The van der Waals surface area contributed by atoms with Crippen LogP contribution in [0.2, 0.25) is 0 Å². The van der Waals surface area contributed by atoms with E-state index in [-0.39, 0.29) is 35.4 Å². The Labute approximate surface area is 218 Å². The van der Waals surface area contributed by atoms with Gasteiger partial charge in [0.05, 0.1) is 18.5 Å². The Kier molecular flexibility index (Phi) is 5.95. The SMILES string of the molecule is COc1ccc(-c2noc(-c3cn(CC(=O)N[C@H]4CCc5ccccc54)c4nc(C)ccc4c3=O)n2)cc1. The van der Waals surface area contributed by atoms with E-state index in [4.69, 9.17) is 9.26 Å². The minimum atomic E-state index is -0.293. The summed E-state index contributed by atoms with van der Waals surface area (Å²) in [6.07, 6.45) is 3.36. The maximum absolute atomic E-state index is 13.4. The number of carbonyl (C=O) groups excluding carboxylic acids is 1. The molecular formula is C29H25N5O4. The van der Waals surface area contributed by atoms with Crippen molar-refractivity contribution in [3.63, 3.8) is 0 Å². The molecule has 1 aliphatic rings. The van der Waals surface area contributed by atoms with E-state index in [1.54, 1.807) is 42.1 Å². The first kappa shape index (κ1) is 23.6. The molecule has 1 amide bonds. The number of aromatic nitrogens is 4. The van der Waals surface area contributed by atoms with Crippen LogP contribution in [0.5, 0.6) is 5.75 Å². The van der Waals surface area contributed by atoms with Crippen molar-refractivity contribution in [2.24, 2.45) is 0 Å². The fourth-order valence-electron chi connectivity index (χ4n) is 4.92. The first-order valence-electron chi connectivity index (χ1n) is 12.4. The second kappa shape index (κ2) is 9.59. The second-order valence-corrected chi connectivity index (χ2v) is 9.33. The summed E-state index contributed by atoms with van der Waals surface area (Å²) in [6, 6.07) is 18.8. The van der Waals surface area contributed by atoms with Crippen LogP contribution in [0.4, 0.5) is 0 Å². The molecule has 3 aromatic heterocycles. The van der Waals surface area contributed by atoms with E-state index in [9.17, 15) is 9.59 Å². The van der Waals surface area contributed by atoms with Crippen molar-refractivity contribution in [3.8, 4) is 28.6 Å². The molecule has 9 nitrogen and oxygen atoms in total. The third kappa shape index (κ3) is 4.32. The minimum absolute atomic E-state index is 0.0155. The summed E-state index contributed by atoms with van der Waals surface area (Å²) in [5, 5.41) is 7.58. The number of carbonyl (C=O) groups is 1. The average Bonchev–Trinajstić information content (AvgIpc) is 3.58. The quantitative estimate of drug-likeness (QED) is 0.366. The lowest BCUT2D eigenvalue weighted by atomic mass is 10.1. The normalized spacial score (nSPS) is 14.4. The number of fused-ring (bicyclic) bond motifs is 2. The van der Waals surface area contributed by atoms with Crippen molar-refractivity contribution in [3.05, 3.63) is 93.9 Å². The molecule has 9 heteroatoms. The van der Waals surface area contributed by atoms with Gasteiger partial charge in [0.1, 0.15) is 23.5 Å². The summed E-state index contributed by atoms with van der Waals surface area (Å²) in [6.45, 7) is 1.83. The third-order valence-corrected chi connectivity index (χ3v) is 6.85. The summed E-state index contributed by atoms with van der Waals surface area (Å²) >= 11 is 0. The molecule has 2 aromatic carbocycles. The topological polar surface area (TPSA) is 112 Å². The molecule has 1 N–H and O–H groups in total. The molecule has 1 atom stereocenters. The average molecular weight is 508 g/mol. The van der Waals surface area contributed by atoms with Gasteiger partial charge in [0, 0.05) is 17.5 Å². The zero-order chi connectivity index (χ0) is 26.2. The highest BCUT2D eigenvalue weighted by atomic mass is 16.5. The van der Waals surface area contributed by atoms with E-state index >= 15 is 0 Å². The van der Waals surface area contributed by atoms with Crippen LogP contribution in [0.15, 0.2) is 76.2 Å². The molecule has 6 rings (SSSR count). The second-order valence-electron chi connectivity index (χ2n) is 9.33. The van der Waals surface area contributed by atoms with Crippen LogP contribution >= 0.6 is 0 Å². The van der Waals surface area contributed by atoms with E-state index in [0.717, 1.165) is 29.7 Å². The van der Waals surface area contributed by atoms with Crippen molar-refractivity contribution >= 4 is 16.9 Å². The van der Waals surface area contributed by atoms with Gasteiger partial charge in [0.15, 0.2) is 0 Å².